The number of nitrogens with one attached hydrogen (secondary N) is 1. The van der Waals surface area contributed by atoms with Gasteiger partial charge in [0.2, 0.25) is 5.95 Å². The molecule has 2 aromatic heterocycles. The smallest absolute Gasteiger partial charge is 0.352 e. The molecule has 1 saturated heterocycles. The van der Waals surface area contributed by atoms with E-state index < -0.39 is 17.6 Å². The molecule has 2 unspecified atom stereocenters. The van der Waals surface area contributed by atoms with Gasteiger partial charge in [-0.25, -0.2) is 24.3 Å². The minimum Gasteiger partial charge on any atom is -0.352 e. The maximum absolute atomic E-state index is 14.5. The van der Waals surface area contributed by atoms with Crippen molar-refractivity contribution in [2.75, 3.05) is 18.4 Å². The fourth-order valence-corrected chi connectivity index (χ4v) is 4.30. The Morgan fingerprint density at radius 3 is 2.49 bits per heavy atom. The number of carbonyl (C=O) groups is 1. The third kappa shape index (κ3) is 5.23. The molecule has 1 aliphatic heterocycles. The maximum atomic E-state index is 14.5. The summed E-state index contributed by atoms with van der Waals surface area (Å²) in [5, 5.41) is 2.95. The molecule has 4 rings (SSSR count). The molecule has 0 spiro atoms. The van der Waals surface area contributed by atoms with Gasteiger partial charge in [0.25, 0.3) is 5.91 Å². The molecule has 7 nitrogen and oxygen atoms in total. The molecule has 0 saturated carbocycles. The minimum absolute atomic E-state index is 0.0310. The minimum atomic E-state index is -4.53. The Labute approximate surface area is 199 Å². The third-order valence-corrected chi connectivity index (χ3v) is 6.24. The van der Waals surface area contributed by atoms with Gasteiger partial charge in [0, 0.05) is 43.4 Å². The van der Waals surface area contributed by atoms with Crippen molar-refractivity contribution in [2.45, 2.75) is 38.9 Å². The lowest BCUT2D eigenvalue weighted by atomic mass is 9.89. The topological polar surface area (TPSA) is 83.9 Å². The van der Waals surface area contributed by atoms with Gasteiger partial charge < -0.3 is 10.2 Å². The number of anilines is 1. The van der Waals surface area contributed by atoms with Crippen molar-refractivity contribution in [2.24, 2.45) is 5.92 Å². The van der Waals surface area contributed by atoms with Crippen molar-refractivity contribution in [1.82, 2.24) is 24.8 Å². The lowest BCUT2D eigenvalue weighted by Crippen LogP contribution is -2.51. The molecule has 1 aliphatic rings. The molecule has 1 aromatic carbocycles. The molecule has 1 amide bonds. The number of aromatic nitrogens is 4. The standard InChI is InChI=1S/C24H24F4N6O/c1-14-5-3-10-34(19(14)13-33-23-31-11-16(12-32-23)24(26,27)28)22(35)20-15(2)18(25)7-6-17(20)21-29-8-4-9-30-21/h4,6-9,11-12,14,19H,3,5,10,13H2,1-2H3,(H,31,32,33). The summed E-state index contributed by atoms with van der Waals surface area (Å²) < 4.78 is 52.9. The van der Waals surface area contributed by atoms with Crippen molar-refractivity contribution in [3.8, 4) is 11.4 Å². The molecule has 3 aromatic rings. The highest BCUT2D eigenvalue weighted by Crippen LogP contribution is 2.31. The van der Waals surface area contributed by atoms with E-state index in [0.717, 1.165) is 12.8 Å². The van der Waals surface area contributed by atoms with Crippen LogP contribution >= 0.6 is 0 Å². The van der Waals surface area contributed by atoms with Gasteiger partial charge in [-0.15, -0.1) is 0 Å². The van der Waals surface area contributed by atoms with Crippen molar-refractivity contribution >= 4 is 11.9 Å². The van der Waals surface area contributed by atoms with E-state index in [2.05, 4.69) is 25.3 Å². The Hall–Kier alpha value is -3.63. The number of hydrogen-bond acceptors (Lipinski definition) is 6. The Kier molecular flexibility index (Phi) is 6.95. The number of likely N-dealkylation sites (tertiary alicyclic amines) is 1. The van der Waals surface area contributed by atoms with E-state index in [1.54, 1.807) is 30.3 Å². The molecule has 35 heavy (non-hydrogen) atoms. The van der Waals surface area contributed by atoms with Crippen molar-refractivity contribution in [3.63, 3.8) is 0 Å². The van der Waals surface area contributed by atoms with Crippen LogP contribution in [-0.2, 0) is 6.18 Å². The number of benzene rings is 1. The fraction of sp³-hybridized carbons (Fsp3) is 0.375. The molecular formula is C24H24F4N6O. The van der Waals surface area contributed by atoms with E-state index >= 15 is 0 Å². The van der Waals surface area contributed by atoms with Crippen LogP contribution in [0.3, 0.4) is 0 Å². The number of nitrogens with zero attached hydrogens (tertiary/aromatic N) is 5. The SMILES string of the molecule is Cc1c(F)ccc(-c2ncccn2)c1C(=O)N1CCCC(C)C1CNc1ncc(C(F)(F)F)cn1. The average Bonchev–Trinajstić information content (AvgIpc) is 2.84. The van der Waals surface area contributed by atoms with Crippen LogP contribution in [0.15, 0.2) is 43.0 Å². The summed E-state index contributed by atoms with van der Waals surface area (Å²) in [5.74, 6) is -0.428. The summed E-state index contributed by atoms with van der Waals surface area (Å²) >= 11 is 0. The second-order valence-electron chi connectivity index (χ2n) is 8.53. The molecular weight excluding hydrogens is 464 g/mol. The predicted molar refractivity (Wildman–Crippen MR) is 121 cm³/mol. The maximum Gasteiger partial charge on any atom is 0.419 e. The molecule has 2 atom stereocenters. The number of amides is 1. The van der Waals surface area contributed by atoms with E-state index in [1.165, 1.54) is 12.1 Å². The molecule has 0 aliphatic carbocycles. The molecule has 184 valence electrons. The Bertz CT molecular complexity index is 1190. The third-order valence-electron chi connectivity index (χ3n) is 6.24. The Morgan fingerprint density at radius 1 is 1.14 bits per heavy atom. The molecule has 1 fully saturated rings. The number of alkyl halides is 3. The summed E-state index contributed by atoms with van der Waals surface area (Å²) in [6.45, 7) is 4.23. The first-order valence-electron chi connectivity index (χ1n) is 11.2. The summed E-state index contributed by atoms with van der Waals surface area (Å²) in [6, 6.07) is 4.13. The van der Waals surface area contributed by atoms with Gasteiger partial charge in [-0.1, -0.05) is 6.92 Å². The molecule has 3 heterocycles. The largest absolute Gasteiger partial charge is 0.419 e. The summed E-state index contributed by atoms with van der Waals surface area (Å²) in [4.78, 5) is 31.4. The highest BCUT2D eigenvalue weighted by atomic mass is 19.4. The van der Waals surface area contributed by atoms with Gasteiger partial charge in [0.1, 0.15) is 5.82 Å². The van der Waals surface area contributed by atoms with Gasteiger partial charge in [0.05, 0.1) is 17.2 Å². The van der Waals surface area contributed by atoms with Gasteiger partial charge in [0.15, 0.2) is 5.82 Å². The number of piperidine rings is 1. The van der Waals surface area contributed by atoms with Crippen molar-refractivity contribution in [3.05, 3.63) is 65.5 Å². The number of hydrogen-bond donors (Lipinski definition) is 1. The zero-order valence-electron chi connectivity index (χ0n) is 19.2. The van der Waals surface area contributed by atoms with Gasteiger partial charge in [-0.2, -0.15) is 13.2 Å². The van der Waals surface area contributed by atoms with Crippen molar-refractivity contribution in [1.29, 1.82) is 0 Å². The van der Waals surface area contributed by atoms with Crippen LogP contribution in [-0.4, -0.2) is 49.9 Å². The highest BCUT2D eigenvalue weighted by Gasteiger charge is 2.35. The fourth-order valence-electron chi connectivity index (χ4n) is 4.30. The zero-order chi connectivity index (χ0) is 25.2. The Balaban J connectivity index is 1.61. The normalized spacial score (nSPS) is 18.4. The lowest BCUT2D eigenvalue weighted by molar-refractivity contribution is -0.138. The van der Waals surface area contributed by atoms with E-state index in [1.807, 2.05) is 6.92 Å². The van der Waals surface area contributed by atoms with Crippen LogP contribution in [0.1, 0.15) is 41.3 Å². The molecule has 1 N–H and O–H groups in total. The predicted octanol–water partition coefficient (Wildman–Crippen LogP) is 4.75. The van der Waals surface area contributed by atoms with Gasteiger partial charge in [-0.05, 0) is 49.4 Å². The second-order valence-corrected chi connectivity index (χ2v) is 8.53. The molecule has 0 radical (unpaired) electrons. The summed E-state index contributed by atoms with van der Waals surface area (Å²) in [7, 11) is 0. The first-order valence-corrected chi connectivity index (χ1v) is 11.2. The zero-order valence-corrected chi connectivity index (χ0v) is 19.2. The highest BCUT2D eigenvalue weighted by molar-refractivity contribution is 6.01. The van der Waals surface area contributed by atoms with E-state index in [-0.39, 0.29) is 41.5 Å². The monoisotopic (exact) mass is 488 g/mol. The van der Waals surface area contributed by atoms with Crippen LogP contribution < -0.4 is 5.32 Å². The van der Waals surface area contributed by atoms with Crippen molar-refractivity contribution < 1.29 is 22.4 Å². The number of carbonyl (C=O) groups excluding carboxylic acids is 1. The molecule has 0 bridgehead atoms. The van der Waals surface area contributed by atoms with Gasteiger partial charge >= 0.3 is 6.18 Å². The van der Waals surface area contributed by atoms with Gasteiger partial charge in [-0.3, -0.25) is 4.79 Å². The van der Waals surface area contributed by atoms with E-state index in [9.17, 15) is 22.4 Å². The number of rotatable bonds is 5. The van der Waals surface area contributed by atoms with Crippen LogP contribution in [0.2, 0.25) is 0 Å². The average molecular weight is 488 g/mol. The summed E-state index contributed by atoms with van der Waals surface area (Å²) in [6.07, 6.45) is 1.63. The first-order chi connectivity index (χ1) is 16.7. The van der Waals surface area contributed by atoms with Crippen LogP contribution in [0, 0.1) is 18.7 Å². The first kappa shape index (κ1) is 24.5. The quantitative estimate of drug-likeness (QED) is 0.522. The lowest BCUT2D eigenvalue weighted by Gasteiger charge is -2.40. The second kappa shape index (κ2) is 9.93. The van der Waals surface area contributed by atoms with E-state index in [0.29, 0.717) is 30.3 Å². The summed E-state index contributed by atoms with van der Waals surface area (Å²) in [5.41, 5.74) is -0.106. The molecule has 11 heteroatoms. The van der Waals surface area contributed by atoms with E-state index in [4.69, 9.17) is 0 Å². The van der Waals surface area contributed by atoms with Crippen LogP contribution in [0.25, 0.3) is 11.4 Å². The van der Waals surface area contributed by atoms with Crippen LogP contribution in [0.5, 0.6) is 0 Å². The number of halogens is 4. The van der Waals surface area contributed by atoms with Crippen LogP contribution in [0.4, 0.5) is 23.5 Å². The Morgan fingerprint density at radius 2 is 1.83 bits per heavy atom.